The minimum atomic E-state index is -3.71. The van der Waals surface area contributed by atoms with Gasteiger partial charge in [0.05, 0.1) is 32.2 Å². The molecule has 2 unspecified atom stereocenters. The molecular formula is C20H26N2O5S. The van der Waals surface area contributed by atoms with E-state index in [1.165, 1.54) is 7.11 Å². The monoisotopic (exact) mass is 406 g/mol. The van der Waals surface area contributed by atoms with Crippen LogP contribution in [0.4, 0.5) is 5.69 Å². The van der Waals surface area contributed by atoms with Gasteiger partial charge in [0.2, 0.25) is 15.9 Å². The average molecular weight is 407 g/mol. The third-order valence-electron chi connectivity index (χ3n) is 4.36. The van der Waals surface area contributed by atoms with E-state index in [-0.39, 0.29) is 6.04 Å². The number of sulfonamides is 1. The van der Waals surface area contributed by atoms with Gasteiger partial charge in [-0.1, -0.05) is 24.3 Å². The van der Waals surface area contributed by atoms with Gasteiger partial charge in [-0.25, -0.2) is 8.42 Å². The average Bonchev–Trinajstić information content (AvgIpc) is 2.66. The highest BCUT2D eigenvalue weighted by Gasteiger charge is 2.30. The molecule has 2 rings (SSSR count). The predicted octanol–water partition coefficient (Wildman–Crippen LogP) is 2.74. The minimum absolute atomic E-state index is 0.356. The van der Waals surface area contributed by atoms with Crippen LogP contribution in [0.2, 0.25) is 0 Å². The molecule has 0 radical (unpaired) electrons. The van der Waals surface area contributed by atoms with E-state index in [2.05, 4.69) is 5.32 Å². The van der Waals surface area contributed by atoms with E-state index < -0.39 is 22.0 Å². The number of carbonyl (C=O) groups excluding carboxylic acids is 1. The van der Waals surface area contributed by atoms with Crippen molar-refractivity contribution in [3.8, 4) is 11.5 Å². The molecule has 1 amide bonds. The molecule has 152 valence electrons. The van der Waals surface area contributed by atoms with Gasteiger partial charge in [0.1, 0.15) is 17.5 Å². The molecule has 1 N–H and O–H groups in total. The number of carbonyl (C=O) groups is 1. The first-order valence-corrected chi connectivity index (χ1v) is 10.6. The number of rotatable bonds is 8. The van der Waals surface area contributed by atoms with Gasteiger partial charge < -0.3 is 14.8 Å². The lowest BCUT2D eigenvalue weighted by molar-refractivity contribution is -0.122. The summed E-state index contributed by atoms with van der Waals surface area (Å²) in [6.07, 6.45) is 1.07. The van der Waals surface area contributed by atoms with Crippen LogP contribution in [0.15, 0.2) is 48.5 Å². The highest BCUT2D eigenvalue weighted by atomic mass is 32.2. The Morgan fingerprint density at radius 1 is 1.04 bits per heavy atom. The maximum absolute atomic E-state index is 12.9. The molecule has 0 heterocycles. The Morgan fingerprint density at radius 3 is 2.32 bits per heavy atom. The Morgan fingerprint density at radius 2 is 1.71 bits per heavy atom. The number of methoxy groups -OCH3 is 2. The summed E-state index contributed by atoms with van der Waals surface area (Å²) in [5, 5.41) is 2.87. The van der Waals surface area contributed by atoms with E-state index in [9.17, 15) is 13.2 Å². The lowest BCUT2D eigenvalue weighted by Gasteiger charge is -2.29. The number of anilines is 1. The van der Waals surface area contributed by atoms with Gasteiger partial charge in [0.25, 0.3) is 0 Å². The first-order valence-electron chi connectivity index (χ1n) is 8.75. The molecule has 0 bridgehead atoms. The number of hydrogen-bond acceptors (Lipinski definition) is 5. The number of ether oxygens (including phenoxy) is 2. The Labute approximate surface area is 166 Å². The summed E-state index contributed by atoms with van der Waals surface area (Å²) in [6.45, 7) is 3.36. The van der Waals surface area contributed by atoms with Gasteiger partial charge in [-0.05, 0) is 32.0 Å². The number of nitrogens with one attached hydrogen (secondary N) is 1. The van der Waals surface area contributed by atoms with Crippen LogP contribution in [-0.2, 0) is 14.8 Å². The fourth-order valence-electron chi connectivity index (χ4n) is 2.99. The molecular weight excluding hydrogens is 380 g/mol. The van der Waals surface area contributed by atoms with E-state index in [1.807, 2.05) is 25.1 Å². The highest BCUT2D eigenvalue weighted by molar-refractivity contribution is 7.92. The Balaban J connectivity index is 2.29. The topological polar surface area (TPSA) is 84.9 Å². The van der Waals surface area contributed by atoms with Gasteiger partial charge in [0, 0.05) is 11.6 Å². The van der Waals surface area contributed by atoms with Crippen LogP contribution in [0.3, 0.4) is 0 Å². The van der Waals surface area contributed by atoms with Crippen molar-refractivity contribution in [1.29, 1.82) is 0 Å². The molecule has 0 aromatic heterocycles. The molecule has 0 saturated carbocycles. The zero-order chi connectivity index (χ0) is 20.9. The highest BCUT2D eigenvalue weighted by Crippen LogP contribution is 2.27. The molecule has 2 aromatic carbocycles. The molecule has 0 aliphatic carbocycles. The molecule has 2 aromatic rings. The van der Waals surface area contributed by atoms with Gasteiger partial charge in [-0.3, -0.25) is 9.10 Å². The van der Waals surface area contributed by atoms with Gasteiger partial charge in [-0.2, -0.15) is 0 Å². The van der Waals surface area contributed by atoms with E-state index in [0.717, 1.165) is 16.1 Å². The van der Waals surface area contributed by atoms with Crippen LogP contribution in [0.5, 0.6) is 11.5 Å². The standard InChI is InChI=1S/C20H26N2O5S/c1-14(18-11-6-7-12-19(18)27-4)21-20(23)15(2)22(28(5,24)25)16-9-8-10-17(13-16)26-3/h6-15H,1-5H3,(H,21,23). The molecule has 0 saturated heterocycles. The summed E-state index contributed by atoms with van der Waals surface area (Å²) in [5.41, 5.74) is 1.16. The Kier molecular flexibility index (Phi) is 6.90. The third kappa shape index (κ3) is 4.95. The Bertz CT molecular complexity index is 930. The fourth-order valence-corrected chi connectivity index (χ4v) is 4.16. The normalized spacial score (nSPS) is 13.3. The maximum atomic E-state index is 12.9. The van der Waals surface area contributed by atoms with Crippen molar-refractivity contribution in [1.82, 2.24) is 5.32 Å². The summed E-state index contributed by atoms with van der Waals surface area (Å²) in [6, 6.07) is 12.6. The number of amides is 1. The second kappa shape index (κ2) is 8.97. The molecule has 0 aliphatic heterocycles. The zero-order valence-corrected chi connectivity index (χ0v) is 17.5. The molecule has 2 atom stereocenters. The van der Waals surface area contributed by atoms with Crippen LogP contribution in [-0.4, -0.2) is 40.8 Å². The van der Waals surface area contributed by atoms with Crippen LogP contribution in [0.25, 0.3) is 0 Å². The van der Waals surface area contributed by atoms with Crippen molar-refractivity contribution in [3.05, 3.63) is 54.1 Å². The summed E-state index contributed by atoms with van der Waals surface area (Å²) in [4.78, 5) is 12.9. The zero-order valence-electron chi connectivity index (χ0n) is 16.7. The van der Waals surface area contributed by atoms with Crippen molar-refractivity contribution in [2.75, 3.05) is 24.8 Å². The summed E-state index contributed by atoms with van der Waals surface area (Å²) in [5.74, 6) is 0.725. The first-order chi connectivity index (χ1) is 13.2. The molecule has 7 nitrogen and oxygen atoms in total. The van der Waals surface area contributed by atoms with Gasteiger partial charge in [-0.15, -0.1) is 0 Å². The molecule has 0 fully saturated rings. The maximum Gasteiger partial charge on any atom is 0.244 e. The van der Waals surface area contributed by atoms with E-state index in [0.29, 0.717) is 17.2 Å². The van der Waals surface area contributed by atoms with Crippen molar-refractivity contribution in [2.45, 2.75) is 25.9 Å². The number of hydrogen-bond donors (Lipinski definition) is 1. The van der Waals surface area contributed by atoms with Crippen molar-refractivity contribution in [3.63, 3.8) is 0 Å². The summed E-state index contributed by atoms with van der Waals surface area (Å²) < 4.78 is 36.4. The van der Waals surface area contributed by atoms with Crippen LogP contribution < -0.4 is 19.1 Å². The molecule has 0 aliphatic rings. The largest absolute Gasteiger partial charge is 0.497 e. The van der Waals surface area contributed by atoms with E-state index >= 15 is 0 Å². The smallest absolute Gasteiger partial charge is 0.244 e. The van der Waals surface area contributed by atoms with Gasteiger partial charge >= 0.3 is 0 Å². The van der Waals surface area contributed by atoms with Gasteiger partial charge in [0.15, 0.2) is 0 Å². The van der Waals surface area contributed by atoms with E-state index in [1.54, 1.807) is 44.4 Å². The second-order valence-electron chi connectivity index (χ2n) is 6.41. The Hall–Kier alpha value is -2.74. The summed E-state index contributed by atoms with van der Waals surface area (Å²) >= 11 is 0. The molecule has 28 heavy (non-hydrogen) atoms. The number of nitrogens with zero attached hydrogens (tertiary/aromatic N) is 1. The van der Waals surface area contributed by atoms with Crippen LogP contribution in [0.1, 0.15) is 25.5 Å². The van der Waals surface area contributed by atoms with E-state index in [4.69, 9.17) is 9.47 Å². The quantitative estimate of drug-likeness (QED) is 0.729. The number of benzene rings is 2. The molecule has 8 heteroatoms. The second-order valence-corrected chi connectivity index (χ2v) is 8.27. The number of para-hydroxylation sites is 1. The molecule has 0 spiro atoms. The van der Waals surface area contributed by atoms with Crippen molar-refractivity contribution < 1.29 is 22.7 Å². The minimum Gasteiger partial charge on any atom is -0.497 e. The van der Waals surface area contributed by atoms with Crippen molar-refractivity contribution in [2.24, 2.45) is 0 Å². The lowest BCUT2D eigenvalue weighted by Crippen LogP contribution is -2.48. The fraction of sp³-hybridized carbons (Fsp3) is 0.350. The van der Waals surface area contributed by atoms with Crippen LogP contribution >= 0.6 is 0 Å². The third-order valence-corrected chi connectivity index (χ3v) is 5.60. The summed E-state index contributed by atoms with van der Waals surface area (Å²) in [7, 11) is -0.653. The first kappa shape index (κ1) is 21.6. The van der Waals surface area contributed by atoms with Crippen molar-refractivity contribution >= 4 is 21.6 Å². The SMILES string of the molecule is COc1cccc(N(C(C)C(=O)NC(C)c2ccccc2OC)S(C)(=O)=O)c1. The lowest BCUT2D eigenvalue weighted by atomic mass is 10.1. The van der Waals surface area contributed by atoms with Crippen LogP contribution in [0, 0.1) is 0 Å². The predicted molar refractivity (Wildman–Crippen MR) is 109 cm³/mol.